The molecular weight excluding hydrogens is 230 g/mol. The van der Waals surface area contributed by atoms with Crippen molar-refractivity contribution in [1.82, 2.24) is 4.90 Å². The number of rotatable bonds is 4. The van der Waals surface area contributed by atoms with E-state index < -0.39 is 0 Å². The molecule has 0 aliphatic carbocycles. The van der Waals surface area contributed by atoms with Gasteiger partial charge in [-0.1, -0.05) is 30.3 Å². The summed E-state index contributed by atoms with van der Waals surface area (Å²) in [4.78, 5) is 13.8. The summed E-state index contributed by atoms with van der Waals surface area (Å²) in [5.74, 6) is -0.207. The number of hydrogen-bond donors (Lipinski definition) is 1. The molecule has 2 unspecified atom stereocenters. The molecule has 1 N–H and O–H groups in total. The maximum absolute atomic E-state index is 11.7. The lowest BCUT2D eigenvalue weighted by molar-refractivity contribution is -0.146. The molecule has 4 nitrogen and oxygen atoms in total. The Bertz CT molecular complexity index is 393. The van der Waals surface area contributed by atoms with Gasteiger partial charge >= 0.3 is 5.97 Å². The second-order valence-corrected chi connectivity index (χ2v) is 4.61. The molecule has 4 heteroatoms. The number of nitrogens with zero attached hydrogens (tertiary/aromatic N) is 1. The second kappa shape index (κ2) is 5.98. The predicted octanol–water partition coefficient (Wildman–Crippen LogP) is 1.18. The number of carbonyl (C=O) groups is 1. The van der Waals surface area contributed by atoms with Crippen LogP contribution in [0.25, 0.3) is 0 Å². The van der Waals surface area contributed by atoms with Crippen LogP contribution in [0.15, 0.2) is 30.3 Å². The molecule has 18 heavy (non-hydrogen) atoms. The Morgan fingerprint density at radius 2 is 2.11 bits per heavy atom. The summed E-state index contributed by atoms with van der Waals surface area (Å²) in [6.07, 6.45) is 1.59. The predicted molar refractivity (Wildman–Crippen MR) is 67.9 cm³/mol. The first-order chi connectivity index (χ1) is 8.76. The first-order valence-corrected chi connectivity index (χ1v) is 6.24. The minimum Gasteiger partial charge on any atom is -0.468 e. The molecule has 1 saturated heterocycles. The van der Waals surface area contributed by atoms with Crippen LogP contribution in [0, 0.1) is 0 Å². The average molecular weight is 249 g/mol. The van der Waals surface area contributed by atoms with Crippen molar-refractivity contribution in [2.24, 2.45) is 0 Å². The van der Waals surface area contributed by atoms with Gasteiger partial charge in [-0.05, 0) is 18.4 Å². The molecule has 1 heterocycles. The van der Waals surface area contributed by atoms with E-state index in [-0.39, 0.29) is 24.7 Å². The third-order valence-electron chi connectivity index (χ3n) is 3.53. The van der Waals surface area contributed by atoms with Crippen LogP contribution < -0.4 is 0 Å². The highest BCUT2D eigenvalue weighted by molar-refractivity contribution is 5.76. The van der Waals surface area contributed by atoms with Crippen LogP contribution in [0.2, 0.25) is 0 Å². The van der Waals surface area contributed by atoms with Gasteiger partial charge in [0, 0.05) is 12.6 Å². The smallest absolute Gasteiger partial charge is 0.323 e. The molecular formula is C14H19NO3. The van der Waals surface area contributed by atoms with E-state index in [2.05, 4.69) is 0 Å². The largest absolute Gasteiger partial charge is 0.468 e. The standard InChI is InChI=1S/C14H19NO3/c1-18-14(17)13-8-7-12(10-16)15(13)9-11-5-3-2-4-6-11/h2-6,12-13,16H,7-10H2,1H3. The Hall–Kier alpha value is -1.39. The first-order valence-electron chi connectivity index (χ1n) is 6.24. The normalized spacial score (nSPS) is 24.1. The van der Waals surface area contributed by atoms with E-state index >= 15 is 0 Å². The van der Waals surface area contributed by atoms with Crippen molar-refractivity contribution in [3.05, 3.63) is 35.9 Å². The van der Waals surface area contributed by atoms with E-state index in [4.69, 9.17) is 4.74 Å². The molecule has 0 spiro atoms. The van der Waals surface area contributed by atoms with Crippen molar-refractivity contribution in [2.75, 3.05) is 13.7 Å². The Morgan fingerprint density at radius 1 is 1.39 bits per heavy atom. The van der Waals surface area contributed by atoms with Gasteiger partial charge in [-0.3, -0.25) is 9.69 Å². The van der Waals surface area contributed by atoms with Crippen LogP contribution in [0.5, 0.6) is 0 Å². The number of benzene rings is 1. The number of aliphatic hydroxyl groups is 1. The van der Waals surface area contributed by atoms with Gasteiger partial charge in [0.2, 0.25) is 0 Å². The number of methoxy groups -OCH3 is 1. The first kappa shape index (κ1) is 13.1. The third kappa shape index (κ3) is 2.71. The fourth-order valence-electron chi connectivity index (χ4n) is 2.56. The fraction of sp³-hybridized carbons (Fsp3) is 0.500. The van der Waals surface area contributed by atoms with Crippen molar-refractivity contribution >= 4 is 5.97 Å². The van der Waals surface area contributed by atoms with Gasteiger partial charge in [0.25, 0.3) is 0 Å². The second-order valence-electron chi connectivity index (χ2n) is 4.61. The van der Waals surface area contributed by atoms with Crippen LogP contribution in [-0.2, 0) is 16.1 Å². The maximum Gasteiger partial charge on any atom is 0.323 e. The quantitative estimate of drug-likeness (QED) is 0.814. The lowest BCUT2D eigenvalue weighted by Gasteiger charge is -2.27. The van der Waals surface area contributed by atoms with E-state index in [0.29, 0.717) is 6.54 Å². The summed E-state index contributed by atoms with van der Waals surface area (Å²) in [5, 5.41) is 9.39. The molecule has 0 saturated carbocycles. The van der Waals surface area contributed by atoms with Gasteiger partial charge in [0.1, 0.15) is 6.04 Å². The topological polar surface area (TPSA) is 49.8 Å². The minimum atomic E-state index is -0.229. The zero-order valence-electron chi connectivity index (χ0n) is 10.6. The Morgan fingerprint density at radius 3 is 2.72 bits per heavy atom. The summed E-state index contributed by atoms with van der Waals surface area (Å²) >= 11 is 0. The molecule has 0 amide bonds. The highest BCUT2D eigenvalue weighted by Gasteiger charge is 2.37. The van der Waals surface area contributed by atoms with Crippen LogP contribution in [0.4, 0.5) is 0 Å². The van der Waals surface area contributed by atoms with Crippen LogP contribution in [0.1, 0.15) is 18.4 Å². The van der Waals surface area contributed by atoms with E-state index in [0.717, 1.165) is 18.4 Å². The average Bonchev–Trinajstić information content (AvgIpc) is 2.82. The Labute approximate surface area is 107 Å². The summed E-state index contributed by atoms with van der Waals surface area (Å²) in [7, 11) is 1.41. The molecule has 1 aromatic rings. The van der Waals surface area contributed by atoms with Crippen LogP contribution >= 0.6 is 0 Å². The summed E-state index contributed by atoms with van der Waals surface area (Å²) in [6.45, 7) is 0.756. The highest BCUT2D eigenvalue weighted by Crippen LogP contribution is 2.26. The van der Waals surface area contributed by atoms with Gasteiger partial charge in [-0.15, -0.1) is 0 Å². The fourth-order valence-corrected chi connectivity index (χ4v) is 2.56. The van der Waals surface area contributed by atoms with Crippen molar-refractivity contribution < 1.29 is 14.6 Å². The molecule has 1 aliphatic rings. The van der Waals surface area contributed by atoms with Crippen molar-refractivity contribution in [3.63, 3.8) is 0 Å². The molecule has 0 radical (unpaired) electrons. The van der Waals surface area contributed by atoms with E-state index in [9.17, 15) is 9.90 Å². The third-order valence-corrected chi connectivity index (χ3v) is 3.53. The van der Waals surface area contributed by atoms with Crippen molar-refractivity contribution in [3.8, 4) is 0 Å². The van der Waals surface area contributed by atoms with Gasteiger partial charge in [0.15, 0.2) is 0 Å². The molecule has 0 aromatic heterocycles. The summed E-state index contributed by atoms with van der Waals surface area (Å²) < 4.78 is 4.83. The van der Waals surface area contributed by atoms with Gasteiger partial charge in [-0.2, -0.15) is 0 Å². The molecule has 2 rings (SSSR count). The lowest BCUT2D eigenvalue weighted by Crippen LogP contribution is -2.42. The molecule has 1 fully saturated rings. The summed E-state index contributed by atoms with van der Waals surface area (Å²) in [5.41, 5.74) is 1.15. The van der Waals surface area contributed by atoms with Crippen LogP contribution in [0.3, 0.4) is 0 Å². The monoisotopic (exact) mass is 249 g/mol. The maximum atomic E-state index is 11.7. The van der Waals surface area contributed by atoms with Gasteiger partial charge in [-0.25, -0.2) is 0 Å². The van der Waals surface area contributed by atoms with Crippen LogP contribution in [-0.4, -0.2) is 41.8 Å². The van der Waals surface area contributed by atoms with E-state index in [1.54, 1.807) is 0 Å². The van der Waals surface area contributed by atoms with Crippen molar-refractivity contribution in [1.29, 1.82) is 0 Å². The number of likely N-dealkylation sites (tertiary alicyclic amines) is 1. The number of carbonyl (C=O) groups excluding carboxylic acids is 1. The lowest BCUT2D eigenvalue weighted by atomic mass is 10.2. The SMILES string of the molecule is COC(=O)C1CCC(CO)N1Cc1ccccc1. The number of aliphatic hydroxyl groups excluding tert-OH is 1. The minimum absolute atomic E-state index is 0.0503. The molecule has 1 aliphatic heterocycles. The van der Waals surface area contributed by atoms with Crippen molar-refractivity contribution in [2.45, 2.75) is 31.5 Å². The highest BCUT2D eigenvalue weighted by atomic mass is 16.5. The zero-order chi connectivity index (χ0) is 13.0. The Kier molecular flexibility index (Phi) is 4.33. The Balaban J connectivity index is 2.12. The number of ether oxygens (including phenoxy) is 1. The summed E-state index contributed by atoms with van der Waals surface area (Å²) in [6, 6.07) is 9.80. The number of esters is 1. The molecule has 98 valence electrons. The zero-order valence-corrected chi connectivity index (χ0v) is 10.6. The van der Waals surface area contributed by atoms with Gasteiger partial charge < -0.3 is 9.84 Å². The molecule has 1 aromatic carbocycles. The number of hydrogen-bond acceptors (Lipinski definition) is 4. The van der Waals surface area contributed by atoms with E-state index in [1.165, 1.54) is 7.11 Å². The van der Waals surface area contributed by atoms with E-state index in [1.807, 2.05) is 35.2 Å². The molecule has 0 bridgehead atoms. The molecule has 2 atom stereocenters. The van der Waals surface area contributed by atoms with Gasteiger partial charge in [0.05, 0.1) is 13.7 Å².